The van der Waals surface area contributed by atoms with Gasteiger partial charge in [-0.3, -0.25) is 4.79 Å². The number of carbonyl (C=O) groups excluding carboxylic acids is 2. The number of benzene rings is 2. The van der Waals surface area contributed by atoms with Crippen molar-refractivity contribution in [2.24, 2.45) is 4.99 Å². The van der Waals surface area contributed by atoms with Crippen LogP contribution in [0.15, 0.2) is 75.9 Å². The lowest BCUT2D eigenvalue weighted by atomic mass is 9.93. The molecule has 0 aliphatic carbocycles. The van der Waals surface area contributed by atoms with E-state index in [2.05, 4.69) is 10.3 Å². The maximum absolute atomic E-state index is 14.9. The summed E-state index contributed by atoms with van der Waals surface area (Å²) in [6, 6.07) is 11.2. The van der Waals surface area contributed by atoms with Gasteiger partial charge in [-0.1, -0.05) is 42.1 Å². The molecular weight excluding hydrogens is 448 g/mol. The fraction of sp³-hybridized carbons (Fsp3) is 0.208. The lowest BCUT2D eigenvalue weighted by molar-refractivity contribution is -0.136. The Hall–Kier alpha value is -3.46. The van der Waals surface area contributed by atoms with Gasteiger partial charge in [-0.25, -0.2) is 18.6 Å². The Balaban J connectivity index is 1.60. The second-order valence-electron chi connectivity index (χ2n) is 7.49. The summed E-state index contributed by atoms with van der Waals surface area (Å²) >= 11 is 1.31. The lowest BCUT2D eigenvalue weighted by Crippen LogP contribution is -2.38. The number of esters is 1. The van der Waals surface area contributed by atoms with Crippen LogP contribution in [0.25, 0.3) is 0 Å². The quantitative estimate of drug-likeness (QED) is 0.635. The van der Waals surface area contributed by atoms with E-state index in [4.69, 9.17) is 4.74 Å². The van der Waals surface area contributed by atoms with Crippen molar-refractivity contribution in [3.05, 3.63) is 93.7 Å². The van der Waals surface area contributed by atoms with Gasteiger partial charge in [0.15, 0.2) is 5.17 Å². The Kier molecular flexibility index (Phi) is 6.60. The minimum atomic E-state index is -0.822. The van der Waals surface area contributed by atoms with Crippen molar-refractivity contribution in [1.29, 1.82) is 0 Å². The SMILES string of the molecule is COC(=O)C1=C(C)N=C2SC=C(CC(=O)NCc3ccc(F)cc3)N2C1c1ccccc1F. The first-order valence-electron chi connectivity index (χ1n) is 10.2. The smallest absolute Gasteiger partial charge is 0.338 e. The molecule has 0 fully saturated rings. The highest BCUT2D eigenvalue weighted by Gasteiger charge is 2.41. The highest BCUT2D eigenvalue weighted by Crippen LogP contribution is 2.45. The number of amides is 1. The van der Waals surface area contributed by atoms with E-state index in [1.807, 2.05) is 0 Å². The second-order valence-corrected chi connectivity index (χ2v) is 8.32. The predicted molar refractivity (Wildman–Crippen MR) is 122 cm³/mol. The van der Waals surface area contributed by atoms with Gasteiger partial charge in [-0.15, -0.1) is 0 Å². The molecule has 4 rings (SSSR count). The predicted octanol–water partition coefficient (Wildman–Crippen LogP) is 4.42. The monoisotopic (exact) mass is 469 g/mol. The van der Waals surface area contributed by atoms with Gasteiger partial charge < -0.3 is 15.0 Å². The van der Waals surface area contributed by atoms with E-state index in [9.17, 15) is 18.4 Å². The molecule has 0 radical (unpaired) electrons. The van der Waals surface area contributed by atoms with E-state index in [-0.39, 0.29) is 35.8 Å². The maximum atomic E-state index is 14.9. The first kappa shape index (κ1) is 22.7. The van der Waals surface area contributed by atoms with Gasteiger partial charge in [0.05, 0.1) is 30.8 Å². The number of nitrogens with one attached hydrogen (secondary N) is 1. The van der Waals surface area contributed by atoms with Gasteiger partial charge in [0.1, 0.15) is 11.6 Å². The van der Waals surface area contributed by atoms with Crippen LogP contribution >= 0.6 is 11.8 Å². The molecule has 0 saturated carbocycles. The number of amidine groups is 1. The molecule has 2 aliphatic heterocycles. The number of hydrogen-bond acceptors (Lipinski definition) is 6. The van der Waals surface area contributed by atoms with Gasteiger partial charge in [0.25, 0.3) is 0 Å². The molecular formula is C24H21F2N3O3S. The minimum absolute atomic E-state index is 0.00827. The van der Waals surface area contributed by atoms with Gasteiger partial charge in [-0.2, -0.15) is 0 Å². The van der Waals surface area contributed by atoms with Gasteiger partial charge >= 0.3 is 5.97 Å². The molecule has 9 heteroatoms. The summed E-state index contributed by atoms with van der Waals surface area (Å²) in [5.41, 5.74) is 2.27. The minimum Gasteiger partial charge on any atom is -0.466 e. The lowest BCUT2D eigenvalue weighted by Gasteiger charge is -2.36. The van der Waals surface area contributed by atoms with Crippen LogP contribution in [0.1, 0.15) is 30.5 Å². The molecule has 170 valence electrons. The van der Waals surface area contributed by atoms with E-state index in [0.29, 0.717) is 16.6 Å². The average molecular weight is 470 g/mol. The van der Waals surface area contributed by atoms with Gasteiger partial charge in [0.2, 0.25) is 5.91 Å². The number of fused-ring (bicyclic) bond motifs is 1. The van der Waals surface area contributed by atoms with Crippen molar-refractivity contribution in [3.8, 4) is 0 Å². The van der Waals surface area contributed by atoms with Crippen LogP contribution in [0, 0.1) is 11.6 Å². The van der Waals surface area contributed by atoms with E-state index < -0.39 is 17.8 Å². The molecule has 1 atom stereocenters. The Morgan fingerprint density at radius 3 is 2.58 bits per heavy atom. The third-order valence-corrected chi connectivity index (χ3v) is 6.24. The number of carbonyl (C=O) groups is 2. The van der Waals surface area contributed by atoms with Crippen LogP contribution in [0.3, 0.4) is 0 Å². The summed E-state index contributed by atoms with van der Waals surface area (Å²) in [6.07, 6.45) is -0.00827. The van der Waals surface area contributed by atoms with E-state index >= 15 is 0 Å². The van der Waals surface area contributed by atoms with Crippen LogP contribution in [0.4, 0.5) is 8.78 Å². The number of allylic oxidation sites excluding steroid dienone is 1. The van der Waals surface area contributed by atoms with E-state index in [1.165, 1.54) is 37.1 Å². The number of nitrogens with zero attached hydrogens (tertiary/aromatic N) is 2. The number of rotatable bonds is 6. The molecule has 0 aromatic heterocycles. The number of thioether (sulfide) groups is 1. The van der Waals surface area contributed by atoms with E-state index in [0.717, 1.165) is 5.56 Å². The Morgan fingerprint density at radius 2 is 1.88 bits per heavy atom. The fourth-order valence-corrected chi connectivity index (χ4v) is 4.73. The average Bonchev–Trinajstić information content (AvgIpc) is 3.19. The third-order valence-electron chi connectivity index (χ3n) is 5.35. The summed E-state index contributed by atoms with van der Waals surface area (Å²) < 4.78 is 32.9. The fourth-order valence-electron chi connectivity index (χ4n) is 3.76. The number of ether oxygens (including phenoxy) is 1. The number of halogens is 2. The number of aliphatic imine (C=N–C) groups is 1. The second kappa shape index (κ2) is 9.58. The zero-order valence-corrected chi connectivity index (χ0v) is 18.8. The van der Waals surface area contributed by atoms with Crippen molar-refractivity contribution in [2.75, 3.05) is 7.11 Å². The molecule has 1 amide bonds. The zero-order valence-electron chi connectivity index (χ0n) is 18.0. The highest BCUT2D eigenvalue weighted by atomic mass is 32.2. The topological polar surface area (TPSA) is 71.0 Å². The van der Waals surface area contributed by atoms with Crippen molar-refractivity contribution in [1.82, 2.24) is 10.2 Å². The molecule has 2 aromatic rings. The van der Waals surface area contributed by atoms with Crippen molar-refractivity contribution >= 4 is 28.8 Å². The molecule has 2 aliphatic rings. The highest BCUT2D eigenvalue weighted by molar-refractivity contribution is 8.16. The Labute approximate surface area is 194 Å². The van der Waals surface area contributed by atoms with Crippen LogP contribution < -0.4 is 5.32 Å². The first-order valence-corrected chi connectivity index (χ1v) is 11.0. The molecule has 0 saturated heterocycles. The largest absolute Gasteiger partial charge is 0.466 e. The zero-order chi connectivity index (χ0) is 23.5. The van der Waals surface area contributed by atoms with Gasteiger partial charge in [0, 0.05) is 17.8 Å². The normalized spacial score (nSPS) is 17.3. The molecule has 33 heavy (non-hydrogen) atoms. The van der Waals surface area contributed by atoms with Gasteiger partial charge in [-0.05, 0) is 36.1 Å². The molecule has 0 bridgehead atoms. The summed E-state index contributed by atoms with van der Waals surface area (Å²) in [4.78, 5) is 31.5. The van der Waals surface area contributed by atoms with Crippen LogP contribution in [0.5, 0.6) is 0 Å². The summed E-state index contributed by atoms with van der Waals surface area (Å²) in [7, 11) is 1.26. The maximum Gasteiger partial charge on any atom is 0.338 e. The molecule has 0 spiro atoms. The molecule has 2 aromatic carbocycles. The van der Waals surface area contributed by atoms with Crippen LogP contribution in [-0.4, -0.2) is 29.1 Å². The van der Waals surface area contributed by atoms with Crippen LogP contribution in [0.2, 0.25) is 0 Å². The Morgan fingerprint density at radius 1 is 1.15 bits per heavy atom. The summed E-state index contributed by atoms with van der Waals surface area (Å²) in [5.74, 6) is -1.71. The van der Waals surface area contributed by atoms with Crippen molar-refractivity contribution in [3.63, 3.8) is 0 Å². The molecule has 2 heterocycles. The number of methoxy groups -OCH3 is 1. The summed E-state index contributed by atoms with van der Waals surface area (Å²) in [5, 5.41) is 5.13. The van der Waals surface area contributed by atoms with Crippen LogP contribution in [-0.2, 0) is 20.9 Å². The molecule has 1 N–H and O–H groups in total. The van der Waals surface area contributed by atoms with Crippen molar-refractivity contribution < 1.29 is 23.1 Å². The Bertz CT molecular complexity index is 1190. The van der Waals surface area contributed by atoms with E-state index in [1.54, 1.807) is 47.6 Å². The third kappa shape index (κ3) is 4.68. The number of hydrogen-bond donors (Lipinski definition) is 1. The molecule has 6 nitrogen and oxygen atoms in total. The first-order chi connectivity index (χ1) is 15.9. The standard InChI is InChI=1S/C24H21F2N3O3S/c1-14-21(23(31)32-2)22(18-5-3-4-6-19(18)26)29-17(13-33-24(29)28-14)11-20(30)27-12-15-7-9-16(25)10-8-15/h3-10,13,22H,11-12H2,1-2H3,(H,27,30). The summed E-state index contributed by atoms with van der Waals surface area (Å²) in [6.45, 7) is 1.92. The van der Waals surface area contributed by atoms with Crippen molar-refractivity contribution in [2.45, 2.75) is 25.9 Å². The molecule has 1 unspecified atom stereocenters.